The van der Waals surface area contributed by atoms with Gasteiger partial charge in [-0.3, -0.25) is 0 Å². The number of nitrogens with one attached hydrogen (secondary N) is 2. The smallest absolute Gasteiger partial charge is 0.354 e. The van der Waals surface area contributed by atoms with Crippen LogP contribution in [-0.2, 0) is 11.3 Å². The molecule has 0 fully saturated rings. The molecule has 0 saturated carbocycles. The molecule has 0 aliphatic heterocycles. The van der Waals surface area contributed by atoms with Crippen molar-refractivity contribution in [3.63, 3.8) is 0 Å². The molecule has 1 aromatic rings. The van der Waals surface area contributed by atoms with Crippen LogP contribution >= 0.6 is 0 Å². The molecule has 7 nitrogen and oxygen atoms in total. The first-order valence-corrected chi connectivity index (χ1v) is 6.78. The number of carbonyl (C=O) groups is 2. The van der Waals surface area contributed by atoms with Crippen LogP contribution in [0.15, 0.2) is 18.3 Å². The lowest BCUT2D eigenvalue weighted by molar-refractivity contribution is 0.0690. The van der Waals surface area contributed by atoms with Gasteiger partial charge in [-0.05, 0) is 18.1 Å². The Kier molecular flexibility index (Phi) is 7.17. The lowest BCUT2D eigenvalue weighted by atomic mass is 10.2. The molecule has 1 heterocycles. The summed E-state index contributed by atoms with van der Waals surface area (Å²) in [6.07, 6.45) is 3.23. The largest absolute Gasteiger partial charge is 0.477 e. The third-order valence-corrected chi connectivity index (χ3v) is 2.84. The summed E-state index contributed by atoms with van der Waals surface area (Å²) in [5.41, 5.74) is 0.709. The van der Waals surface area contributed by atoms with E-state index in [1.54, 1.807) is 13.2 Å². The predicted molar refractivity (Wildman–Crippen MR) is 77.1 cm³/mol. The topological polar surface area (TPSA) is 101 Å². The van der Waals surface area contributed by atoms with Crippen LogP contribution < -0.4 is 10.6 Å². The van der Waals surface area contributed by atoms with Gasteiger partial charge in [-0.1, -0.05) is 19.4 Å². The van der Waals surface area contributed by atoms with Gasteiger partial charge in [0, 0.05) is 19.9 Å². The molecule has 0 aliphatic carbocycles. The number of amides is 2. The van der Waals surface area contributed by atoms with Crippen LogP contribution in [0.1, 0.15) is 35.8 Å². The molecule has 0 spiro atoms. The Labute approximate surface area is 123 Å². The number of hydrogen-bond acceptors (Lipinski definition) is 4. The van der Waals surface area contributed by atoms with E-state index in [0.29, 0.717) is 6.61 Å². The Bertz CT molecular complexity index is 456. The van der Waals surface area contributed by atoms with E-state index in [1.165, 1.54) is 12.3 Å². The van der Waals surface area contributed by atoms with E-state index in [2.05, 4.69) is 15.6 Å². The second-order valence-electron chi connectivity index (χ2n) is 4.62. The third kappa shape index (κ3) is 6.22. The van der Waals surface area contributed by atoms with Crippen molar-refractivity contribution in [2.75, 3.05) is 13.7 Å². The second-order valence-corrected chi connectivity index (χ2v) is 4.62. The number of carbonyl (C=O) groups excluding carboxylic acids is 1. The number of hydrogen-bond donors (Lipinski definition) is 3. The number of carboxylic acids is 1. The fourth-order valence-electron chi connectivity index (χ4n) is 1.82. The molecule has 0 aromatic carbocycles. The highest BCUT2D eigenvalue weighted by Crippen LogP contribution is 2.01. The summed E-state index contributed by atoms with van der Waals surface area (Å²) in [7, 11) is 1.60. The molecular weight excluding hydrogens is 274 g/mol. The van der Waals surface area contributed by atoms with Crippen LogP contribution in [0.3, 0.4) is 0 Å². The highest BCUT2D eigenvalue weighted by atomic mass is 16.5. The Morgan fingerprint density at radius 3 is 2.71 bits per heavy atom. The fraction of sp³-hybridized carbons (Fsp3) is 0.500. The average Bonchev–Trinajstić information content (AvgIpc) is 2.46. The monoisotopic (exact) mass is 295 g/mol. The first-order chi connectivity index (χ1) is 10.1. The molecule has 0 bridgehead atoms. The Hall–Kier alpha value is -2.15. The van der Waals surface area contributed by atoms with Crippen molar-refractivity contribution in [3.8, 4) is 0 Å². The molecule has 0 radical (unpaired) electrons. The zero-order valence-corrected chi connectivity index (χ0v) is 12.3. The summed E-state index contributed by atoms with van der Waals surface area (Å²) < 4.78 is 5.05. The summed E-state index contributed by atoms with van der Waals surface area (Å²) in [6.45, 7) is 2.79. The number of carboxylic acid groups (broad SMARTS) is 1. The first-order valence-electron chi connectivity index (χ1n) is 6.78. The Balaban J connectivity index is 2.42. The average molecular weight is 295 g/mol. The second kappa shape index (κ2) is 8.91. The summed E-state index contributed by atoms with van der Waals surface area (Å²) in [5.74, 6) is -1.07. The summed E-state index contributed by atoms with van der Waals surface area (Å²) in [6, 6.07) is 2.72. The minimum atomic E-state index is -1.07. The lowest BCUT2D eigenvalue weighted by Crippen LogP contribution is -2.43. The van der Waals surface area contributed by atoms with Crippen LogP contribution in [-0.4, -0.2) is 41.8 Å². The molecule has 2 amide bonds. The highest BCUT2D eigenvalue weighted by Gasteiger charge is 2.11. The molecule has 0 saturated heterocycles. The number of pyridine rings is 1. The van der Waals surface area contributed by atoms with Crippen molar-refractivity contribution in [2.45, 2.75) is 32.4 Å². The molecule has 1 unspecified atom stereocenters. The zero-order valence-electron chi connectivity index (χ0n) is 12.3. The maximum Gasteiger partial charge on any atom is 0.354 e. The SMILES string of the molecule is CCCC(COC)NC(=O)NCc1ccc(C(=O)O)nc1. The van der Waals surface area contributed by atoms with E-state index < -0.39 is 5.97 Å². The normalized spacial score (nSPS) is 11.7. The van der Waals surface area contributed by atoms with Crippen LogP contribution in [0.4, 0.5) is 4.79 Å². The number of urea groups is 1. The predicted octanol–water partition coefficient (Wildman–Crippen LogP) is 1.39. The van der Waals surface area contributed by atoms with Gasteiger partial charge in [-0.2, -0.15) is 0 Å². The van der Waals surface area contributed by atoms with Crippen molar-refractivity contribution < 1.29 is 19.4 Å². The quantitative estimate of drug-likeness (QED) is 0.673. The fourth-order valence-corrected chi connectivity index (χ4v) is 1.82. The van der Waals surface area contributed by atoms with Gasteiger partial charge in [0.1, 0.15) is 5.69 Å². The van der Waals surface area contributed by atoms with Gasteiger partial charge in [0.05, 0.1) is 12.6 Å². The van der Waals surface area contributed by atoms with E-state index in [-0.39, 0.29) is 24.3 Å². The minimum absolute atomic E-state index is 0.0208. The van der Waals surface area contributed by atoms with Gasteiger partial charge >= 0.3 is 12.0 Å². The van der Waals surface area contributed by atoms with Gasteiger partial charge in [-0.25, -0.2) is 14.6 Å². The molecule has 1 aromatic heterocycles. The van der Waals surface area contributed by atoms with Crippen LogP contribution in [0.25, 0.3) is 0 Å². The lowest BCUT2D eigenvalue weighted by Gasteiger charge is -2.17. The van der Waals surface area contributed by atoms with E-state index >= 15 is 0 Å². The molecule has 0 aliphatic rings. The van der Waals surface area contributed by atoms with E-state index in [4.69, 9.17) is 9.84 Å². The van der Waals surface area contributed by atoms with Crippen LogP contribution in [0, 0.1) is 0 Å². The number of aromatic nitrogens is 1. The molecule has 3 N–H and O–H groups in total. The number of rotatable bonds is 8. The van der Waals surface area contributed by atoms with Gasteiger partial charge in [-0.15, -0.1) is 0 Å². The number of methoxy groups -OCH3 is 1. The highest BCUT2D eigenvalue weighted by molar-refractivity contribution is 5.85. The van der Waals surface area contributed by atoms with Crippen molar-refractivity contribution in [3.05, 3.63) is 29.6 Å². The summed E-state index contributed by atoms with van der Waals surface area (Å²) >= 11 is 0. The van der Waals surface area contributed by atoms with Crippen molar-refractivity contribution in [1.29, 1.82) is 0 Å². The number of aromatic carboxylic acids is 1. The van der Waals surface area contributed by atoms with Gasteiger partial charge in [0.2, 0.25) is 0 Å². The molecule has 1 atom stereocenters. The summed E-state index contributed by atoms with van der Waals surface area (Å²) in [4.78, 5) is 26.2. The standard InChI is InChI=1S/C14H21N3O4/c1-3-4-11(9-21-2)17-14(20)16-8-10-5-6-12(13(18)19)15-7-10/h5-7,11H,3-4,8-9H2,1-2H3,(H,18,19)(H2,16,17,20). The van der Waals surface area contributed by atoms with Crippen LogP contribution in [0.2, 0.25) is 0 Å². The Morgan fingerprint density at radius 2 is 2.19 bits per heavy atom. The number of nitrogens with zero attached hydrogens (tertiary/aromatic N) is 1. The van der Waals surface area contributed by atoms with Gasteiger partial charge < -0.3 is 20.5 Å². The van der Waals surface area contributed by atoms with E-state index in [9.17, 15) is 9.59 Å². The van der Waals surface area contributed by atoms with Crippen LogP contribution in [0.5, 0.6) is 0 Å². The van der Waals surface area contributed by atoms with Crippen molar-refractivity contribution in [1.82, 2.24) is 15.6 Å². The molecular formula is C14H21N3O4. The van der Waals surface area contributed by atoms with E-state index in [0.717, 1.165) is 18.4 Å². The van der Waals surface area contributed by atoms with E-state index in [1.807, 2.05) is 6.92 Å². The molecule has 1 rings (SSSR count). The minimum Gasteiger partial charge on any atom is -0.477 e. The zero-order chi connectivity index (χ0) is 15.7. The van der Waals surface area contributed by atoms with Crippen molar-refractivity contribution >= 4 is 12.0 Å². The van der Waals surface area contributed by atoms with Gasteiger partial charge in [0.15, 0.2) is 0 Å². The van der Waals surface area contributed by atoms with Crippen molar-refractivity contribution in [2.24, 2.45) is 0 Å². The summed E-state index contributed by atoms with van der Waals surface area (Å²) in [5, 5.41) is 14.3. The maximum absolute atomic E-state index is 11.8. The molecule has 116 valence electrons. The third-order valence-electron chi connectivity index (χ3n) is 2.84. The first kappa shape index (κ1) is 16.9. The number of ether oxygens (including phenoxy) is 1. The molecule has 7 heteroatoms. The molecule has 21 heavy (non-hydrogen) atoms. The maximum atomic E-state index is 11.8. The Morgan fingerprint density at radius 1 is 1.43 bits per heavy atom. The van der Waals surface area contributed by atoms with Gasteiger partial charge in [0.25, 0.3) is 0 Å².